The first kappa shape index (κ1) is 19.4. The molecule has 0 aliphatic rings. The van der Waals surface area contributed by atoms with E-state index < -0.39 is 17.6 Å². The molecule has 0 fully saturated rings. The second kappa shape index (κ2) is 8.47. The topological polar surface area (TPSA) is 38.8 Å². The van der Waals surface area contributed by atoms with E-state index in [1.165, 1.54) is 6.92 Å². The number of benzene rings is 2. The number of hydrogen-bond donors (Lipinski definition) is 0. The minimum Gasteiger partial charge on any atom is -0.463 e. The molecule has 0 aliphatic heterocycles. The molecule has 4 nitrogen and oxygen atoms in total. The lowest BCUT2D eigenvalue weighted by Crippen LogP contribution is -2.08. The first-order valence-electron chi connectivity index (χ1n) is 8.11. The smallest absolute Gasteiger partial charge is 0.333 e. The average Bonchev–Trinajstić information content (AvgIpc) is 2.58. The molecule has 0 spiro atoms. The van der Waals surface area contributed by atoms with E-state index in [1.54, 1.807) is 25.1 Å². The maximum atomic E-state index is 14.3. The van der Waals surface area contributed by atoms with Gasteiger partial charge in [-0.05, 0) is 32.1 Å². The molecule has 0 N–H and O–H groups in total. The van der Waals surface area contributed by atoms with Crippen LogP contribution in [0.25, 0.3) is 6.08 Å². The van der Waals surface area contributed by atoms with E-state index in [2.05, 4.69) is 0 Å². The average molecular weight is 361 g/mol. The quantitative estimate of drug-likeness (QED) is 0.548. The molecular weight excluding hydrogens is 340 g/mol. The van der Waals surface area contributed by atoms with Crippen molar-refractivity contribution in [3.63, 3.8) is 0 Å². The van der Waals surface area contributed by atoms with Crippen LogP contribution in [-0.2, 0) is 9.53 Å². The van der Waals surface area contributed by atoms with Gasteiger partial charge < -0.3 is 14.4 Å². The van der Waals surface area contributed by atoms with E-state index in [4.69, 9.17) is 9.47 Å². The summed E-state index contributed by atoms with van der Waals surface area (Å²) in [4.78, 5) is 13.5. The summed E-state index contributed by atoms with van der Waals surface area (Å²) in [7, 11) is 3.76. The van der Waals surface area contributed by atoms with Crippen LogP contribution in [0.15, 0.2) is 42.0 Å². The van der Waals surface area contributed by atoms with E-state index in [-0.39, 0.29) is 23.5 Å². The van der Waals surface area contributed by atoms with Crippen molar-refractivity contribution in [3.8, 4) is 11.5 Å². The molecule has 0 heterocycles. The minimum atomic E-state index is -0.826. The Balaban J connectivity index is 2.28. The van der Waals surface area contributed by atoms with Crippen LogP contribution in [0.1, 0.15) is 19.4 Å². The lowest BCUT2D eigenvalue weighted by molar-refractivity contribution is -0.138. The first-order valence-corrected chi connectivity index (χ1v) is 8.11. The largest absolute Gasteiger partial charge is 0.463 e. The van der Waals surface area contributed by atoms with Crippen molar-refractivity contribution >= 4 is 17.7 Å². The van der Waals surface area contributed by atoms with Crippen molar-refractivity contribution in [3.05, 3.63) is 59.2 Å². The van der Waals surface area contributed by atoms with Gasteiger partial charge in [0.2, 0.25) is 0 Å². The highest BCUT2D eigenvalue weighted by Crippen LogP contribution is 2.29. The van der Waals surface area contributed by atoms with Crippen molar-refractivity contribution in [2.24, 2.45) is 0 Å². The van der Waals surface area contributed by atoms with E-state index in [9.17, 15) is 13.6 Å². The zero-order valence-electron chi connectivity index (χ0n) is 15.2. The van der Waals surface area contributed by atoms with Crippen LogP contribution in [0.3, 0.4) is 0 Å². The Kier molecular flexibility index (Phi) is 6.33. The number of ether oxygens (including phenoxy) is 2. The van der Waals surface area contributed by atoms with E-state index in [0.717, 1.165) is 23.9 Å². The molecule has 0 aliphatic carbocycles. The van der Waals surface area contributed by atoms with E-state index >= 15 is 0 Å². The summed E-state index contributed by atoms with van der Waals surface area (Å²) in [6.07, 6.45) is 1.12. The van der Waals surface area contributed by atoms with E-state index in [0.29, 0.717) is 5.75 Å². The van der Waals surface area contributed by atoms with Crippen LogP contribution in [-0.4, -0.2) is 26.7 Å². The number of esters is 1. The van der Waals surface area contributed by atoms with Gasteiger partial charge >= 0.3 is 5.97 Å². The van der Waals surface area contributed by atoms with Gasteiger partial charge in [0, 0.05) is 49.1 Å². The Labute approximate surface area is 151 Å². The molecule has 0 aromatic heterocycles. The summed E-state index contributed by atoms with van der Waals surface area (Å²) in [5.41, 5.74) is 0.690. The third-order valence-electron chi connectivity index (χ3n) is 3.58. The van der Waals surface area contributed by atoms with Crippen molar-refractivity contribution in [2.45, 2.75) is 13.8 Å². The minimum absolute atomic E-state index is 0.0295. The number of halogens is 2. The number of anilines is 1. The van der Waals surface area contributed by atoms with Crippen molar-refractivity contribution < 1.29 is 23.0 Å². The molecule has 2 rings (SSSR count). The van der Waals surface area contributed by atoms with Gasteiger partial charge in [0.1, 0.15) is 23.1 Å². The zero-order valence-corrected chi connectivity index (χ0v) is 15.2. The van der Waals surface area contributed by atoms with Gasteiger partial charge in [-0.1, -0.05) is 6.07 Å². The lowest BCUT2D eigenvalue weighted by atomic mass is 10.1. The Bertz CT molecular complexity index is 809. The fraction of sp³-hybridized carbons (Fsp3) is 0.250. The molecule has 0 bridgehead atoms. The molecule has 0 amide bonds. The Hall–Kier alpha value is -2.89. The van der Waals surface area contributed by atoms with Crippen LogP contribution < -0.4 is 9.64 Å². The van der Waals surface area contributed by atoms with Crippen LogP contribution in [0.4, 0.5) is 14.5 Å². The summed E-state index contributed by atoms with van der Waals surface area (Å²) in [5, 5.41) is 0. The number of carbonyl (C=O) groups is 1. The molecule has 26 heavy (non-hydrogen) atoms. The molecule has 2 aromatic rings. The maximum Gasteiger partial charge on any atom is 0.333 e. The highest BCUT2D eigenvalue weighted by atomic mass is 19.1. The molecule has 2 aromatic carbocycles. The van der Waals surface area contributed by atoms with Gasteiger partial charge in [-0.15, -0.1) is 0 Å². The van der Waals surface area contributed by atoms with Crippen molar-refractivity contribution in [1.82, 2.24) is 0 Å². The lowest BCUT2D eigenvalue weighted by Gasteiger charge is -2.14. The summed E-state index contributed by atoms with van der Waals surface area (Å²) in [6, 6.07) is 9.29. The molecular formula is C20H21F2NO3. The molecule has 0 unspecified atom stereocenters. The Morgan fingerprint density at radius 1 is 1.12 bits per heavy atom. The van der Waals surface area contributed by atoms with Crippen LogP contribution >= 0.6 is 0 Å². The van der Waals surface area contributed by atoms with Gasteiger partial charge in [-0.3, -0.25) is 0 Å². The third kappa shape index (κ3) is 4.81. The Morgan fingerprint density at radius 2 is 1.77 bits per heavy atom. The predicted molar refractivity (Wildman–Crippen MR) is 97.5 cm³/mol. The molecule has 0 radical (unpaired) electrons. The SMILES string of the molecule is CCOC(=O)/C(C)=C/c1c(F)cc(Oc2cccc(N(C)C)c2)cc1F. The van der Waals surface area contributed by atoms with Crippen LogP contribution in [0.5, 0.6) is 11.5 Å². The number of carbonyl (C=O) groups excluding carboxylic acids is 1. The second-order valence-electron chi connectivity index (χ2n) is 5.84. The maximum absolute atomic E-state index is 14.3. The highest BCUT2D eigenvalue weighted by molar-refractivity contribution is 5.93. The van der Waals surface area contributed by atoms with Gasteiger partial charge in [0.05, 0.1) is 6.61 Å². The predicted octanol–water partition coefficient (Wildman–Crippen LogP) is 4.79. The van der Waals surface area contributed by atoms with Gasteiger partial charge in [0.25, 0.3) is 0 Å². The van der Waals surface area contributed by atoms with Crippen LogP contribution in [0.2, 0.25) is 0 Å². The zero-order chi connectivity index (χ0) is 19.3. The number of nitrogens with zero attached hydrogens (tertiary/aromatic N) is 1. The fourth-order valence-corrected chi connectivity index (χ4v) is 2.24. The van der Waals surface area contributed by atoms with Crippen molar-refractivity contribution in [2.75, 3.05) is 25.6 Å². The first-order chi connectivity index (χ1) is 12.3. The molecule has 0 saturated heterocycles. The summed E-state index contributed by atoms with van der Waals surface area (Å²) in [5.74, 6) is -1.78. The summed E-state index contributed by atoms with van der Waals surface area (Å²) >= 11 is 0. The van der Waals surface area contributed by atoms with Gasteiger partial charge in [0.15, 0.2) is 0 Å². The number of hydrogen-bond acceptors (Lipinski definition) is 4. The molecule has 0 atom stereocenters. The van der Waals surface area contributed by atoms with Crippen molar-refractivity contribution in [1.29, 1.82) is 0 Å². The number of rotatable bonds is 6. The monoisotopic (exact) mass is 361 g/mol. The van der Waals surface area contributed by atoms with Gasteiger partial charge in [-0.2, -0.15) is 0 Å². The van der Waals surface area contributed by atoms with Gasteiger partial charge in [-0.25, -0.2) is 13.6 Å². The highest BCUT2D eigenvalue weighted by Gasteiger charge is 2.14. The molecule has 6 heteroatoms. The standard InChI is InChI=1S/C20H21F2NO3/c1-5-25-20(24)13(2)9-17-18(21)11-16(12-19(17)22)26-15-8-6-7-14(10-15)23(3)4/h6-12H,5H2,1-4H3/b13-9+. The van der Waals surface area contributed by atoms with Crippen LogP contribution in [0, 0.1) is 11.6 Å². The normalized spacial score (nSPS) is 11.2. The second-order valence-corrected chi connectivity index (χ2v) is 5.84. The molecule has 138 valence electrons. The third-order valence-corrected chi connectivity index (χ3v) is 3.58. The summed E-state index contributed by atoms with van der Waals surface area (Å²) in [6.45, 7) is 3.28. The summed E-state index contributed by atoms with van der Waals surface area (Å²) < 4.78 is 39.0. The molecule has 0 saturated carbocycles. The van der Waals surface area contributed by atoms with E-state index in [1.807, 2.05) is 25.1 Å². The fourth-order valence-electron chi connectivity index (χ4n) is 2.24. The Morgan fingerprint density at radius 3 is 2.35 bits per heavy atom.